The topological polar surface area (TPSA) is 17.0 Å². The molecule has 0 aliphatic rings. The Balaban J connectivity index is 1.69. The van der Waals surface area contributed by atoms with Crippen LogP contribution in [0.25, 0.3) is 65.5 Å². The first-order valence-electron chi connectivity index (χ1n) is 17.4. The van der Waals surface area contributed by atoms with Crippen molar-refractivity contribution in [2.24, 2.45) is 7.05 Å². The molecule has 44 heavy (non-hydrogen) atoms. The Hall–Kier alpha value is -4.17. The van der Waals surface area contributed by atoms with Crippen LogP contribution in [0.5, 0.6) is 0 Å². The molecular formula is C42H44NO+. The monoisotopic (exact) mass is 581 g/mol. The third-order valence-electron chi connectivity index (χ3n) is 9.52. The minimum atomic E-state index is -2.26. The van der Waals surface area contributed by atoms with Crippen molar-refractivity contribution >= 4 is 54.4 Å². The molecule has 5 aromatic carbocycles. The smallest absolute Gasteiger partial charge is 0.221 e. The van der Waals surface area contributed by atoms with Crippen LogP contribution in [0, 0.1) is 13.8 Å². The molecule has 2 heterocycles. The molecule has 0 unspecified atom stereocenters. The van der Waals surface area contributed by atoms with Gasteiger partial charge in [0.05, 0.1) is 10.8 Å². The highest BCUT2D eigenvalue weighted by Crippen LogP contribution is 2.45. The van der Waals surface area contributed by atoms with Crippen molar-refractivity contribution in [3.8, 4) is 11.1 Å². The minimum Gasteiger partial charge on any atom is -0.456 e. The van der Waals surface area contributed by atoms with E-state index in [1.807, 2.05) is 17.8 Å². The van der Waals surface area contributed by atoms with Gasteiger partial charge in [-0.3, -0.25) is 0 Å². The summed E-state index contributed by atoms with van der Waals surface area (Å²) in [7, 11) is 1.98. The van der Waals surface area contributed by atoms with Gasteiger partial charge in [-0.25, -0.2) is 4.57 Å². The van der Waals surface area contributed by atoms with Crippen molar-refractivity contribution in [2.45, 2.75) is 79.5 Å². The first-order valence-corrected chi connectivity index (χ1v) is 15.9. The summed E-state index contributed by atoms with van der Waals surface area (Å²) in [6.07, 6.45) is 1.84. The quantitative estimate of drug-likeness (QED) is 0.150. The van der Waals surface area contributed by atoms with Crippen LogP contribution in [-0.2, 0) is 12.5 Å². The van der Waals surface area contributed by atoms with Crippen LogP contribution in [0.3, 0.4) is 0 Å². The number of fused-ring (bicyclic) bond motifs is 9. The van der Waals surface area contributed by atoms with Crippen LogP contribution in [0.1, 0.15) is 92.2 Å². The van der Waals surface area contributed by atoms with E-state index in [0.29, 0.717) is 17.4 Å². The van der Waals surface area contributed by atoms with E-state index >= 15 is 0 Å². The molecule has 0 atom stereocenters. The first kappa shape index (κ1) is 25.2. The van der Waals surface area contributed by atoms with Gasteiger partial charge in [0.25, 0.3) is 0 Å². The van der Waals surface area contributed by atoms with Gasteiger partial charge in [0, 0.05) is 20.4 Å². The second-order valence-corrected chi connectivity index (χ2v) is 14.3. The molecule has 0 bridgehead atoms. The molecule has 0 saturated heterocycles. The van der Waals surface area contributed by atoms with Gasteiger partial charge >= 0.3 is 0 Å². The summed E-state index contributed by atoms with van der Waals surface area (Å²) in [6.45, 7) is 15.3. The summed E-state index contributed by atoms with van der Waals surface area (Å²) in [5.41, 5.74) is 9.96. The summed E-state index contributed by atoms with van der Waals surface area (Å²) in [6, 6.07) is 24.2. The van der Waals surface area contributed by atoms with Crippen LogP contribution in [0.2, 0.25) is 0 Å². The molecule has 0 aliphatic carbocycles. The predicted octanol–water partition coefficient (Wildman–Crippen LogP) is 11.7. The molecule has 7 aromatic rings. The fourth-order valence-corrected chi connectivity index (χ4v) is 7.59. The number of furan rings is 1. The number of pyridine rings is 1. The lowest BCUT2D eigenvalue weighted by molar-refractivity contribution is -0.644. The Labute approximate surface area is 265 Å². The Morgan fingerprint density at radius 1 is 0.705 bits per heavy atom. The molecule has 0 saturated carbocycles. The Bertz CT molecular complexity index is 2370. The number of hydrogen-bond acceptors (Lipinski definition) is 1. The van der Waals surface area contributed by atoms with Crippen LogP contribution in [0.15, 0.2) is 77.3 Å². The van der Waals surface area contributed by atoms with E-state index in [4.69, 9.17) is 8.53 Å². The second kappa shape index (κ2) is 9.92. The Kier molecular flexibility index (Phi) is 5.68. The fraction of sp³-hybridized carbons (Fsp3) is 0.310. The number of aromatic nitrogens is 1. The molecular weight excluding hydrogens is 534 g/mol. The van der Waals surface area contributed by atoms with Gasteiger partial charge in [-0.1, -0.05) is 90.9 Å². The van der Waals surface area contributed by atoms with Crippen molar-refractivity contribution in [1.82, 2.24) is 0 Å². The molecule has 2 aromatic heterocycles. The molecule has 0 amide bonds. The number of rotatable bonds is 3. The third-order valence-corrected chi connectivity index (χ3v) is 9.52. The van der Waals surface area contributed by atoms with E-state index < -0.39 is 12.3 Å². The molecule has 222 valence electrons. The van der Waals surface area contributed by atoms with Gasteiger partial charge in [0.15, 0.2) is 6.20 Å². The molecule has 7 rings (SSSR count). The normalized spacial score (nSPS) is 14.0. The molecule has 2 nitrogen and oxygen atoms in total. The average Bonchev–Trinajstić information content (AvgIpc) is 3.35. The Morgan fingerprint density at radius 2 is 1.39 bits per heavy atom. The SMILES string of the molecule is [2H]C([2H])([2H])c1c[n+](C)c2c3c(C)cccc3c3cc4oc5ccc(-c6c(C(C)C)cccc6C(C)C)cc5c4cc3c2c1C(C)(C)C. The molecule has 0 N–H and O–H groups in total. The minimum absolute atomic E-state index is 0.386. The zero-order valence-electron chi connectivity index (χ0n) is 30.4. The summed E-state index contributed by atoms with van der Waals surface area (Å²) < 4.78 is 34.4. The summed E-state index contributed by atoms with van der Waals surface area (Å²) in [5, 5.41) is 7.52. The number of benzene rings is 5. The number of nitrogens with zero attached hydrogens (tertiary/aromatic N) is 1. The number of hydrogen-bond donors (Lipinski definition) is 0. The largest absolute Gasteiger partial charge is 0.456 e. The highest BCUT2D eigenvalue weighted by molar-refractivity contribution is 6.28. The van der Waals surface area contributed by atoms with Gasteiger partial charge in [-0.05, 0) is 105 Å². The van der Waals surface area contributed by atoms with Gasteiger partial charge < -0.3 is 4.42 Å². The molecule has 0 fully saturated rings. The van der Waals surface area contributed by atoms with E-state index in [-0.39, 0.29) is 0 Å². The average molecular weight is 582 g/mol. The first-order chi connectivity index (χ1) is 22.1. The van der Waals surface area contributed by atoms with Crippen molar-refractivity contribution < 1.29 is 13.1 Å². The van der Waals surface area contributed by atoms with Crippen LogP contribution in [0.4, 0.5) is 0 Å². The fourth-order valence-electron chi connectivity index (χ4n) is 7.59. The zero-order chi connectivity index (χ0) is 33.7. The molecule has 2 heteroatoms. The van der Waals surface area contributed by atoms with Gasteiger partial charge in [0.1, 0.15) is 18.2 Å². The summed E-state index contributed by atoms with van der Waals surface area (Å²) in [4.78, 5) is 0. The van der Waals surface area contributed by atoms with Gasteiger partial charge in [-0.15, -0.1) is 0 Å². The summed E-state index contributed by atoms with van der Waals surface area (Å²) in [5.74, 6) is 0.771. The molecule has 0 aliphatic heterocycles. The van der Waals surface area contributed by atoms with Crippen molar-refractivity contribution in [2.75, 3.05) is 0 Å². The van der Waals surface area contributed by atoms with E-state index in [1.54, 1.807) is 0 Å². The highest BCUT2D eigenvalue weighted by Gasteiger charge is 2.28. The standard InChI is InChI=1S/C42H44NO/c1-23(2)28-14-12-15-29(24(3)4)38(28)27-17-18-35-32(19-27)33-20-34-31(21-36(33)44-35)30-16-11-13-25(5)37(30)41-39(34)40(42(7,8)9)26(6)22-43(41)10/h11-24H,1-10H3/q+1/i6D3. The third kappa shape index (κ3) is 4.18. The van der Waals surface area contributed by atoms with E-state index in [2.05, 4.69) is 122 Å². The predicted molar refractivity (Wildman–Crippen MR) is 189 cm³/mol. The van der Waals surface area contributed by atoms with Crippen molar-refractivity contribution in [3.05, 3.63) is 101 Å². The van der Waals surface area contributed by atoms with Crippen molar-refractivity contribution in [3.63, 3.8) is 0 Å². The van der Waals surface area contributed by atoms with Gasteiger partial charge in [-0.2, -0.15) is 0 Å². The van der Waals surface area contributed by atoms with E-state index in [0.717, 1.165) is 65.5 Å². The van der Waals surface area contributed by atoms with Gasteiger partial charge in [0.2, 0.25) is 5.52 Å². The van der Waals surface area contributed by atoms with E-state index in [9.17, 15) is 0 Å². The lowest BCUT2D eigenvalue weighted by Gasteiger charge is -2.24. The maximum Gasteiger partial charge on any atom is 0.221 e. The zero-order valence-corrected chi connectivity index (χ0v) is 27.4. The molecule has 0 spiro atoms. The highest BCUT2D eigenvalue weighted by atomic mass is 16.3. The van der Waals surface area contributed by atoms with Crippen molar-refractivity contribution in [1.29, 1.82) is 0 Å². The lowest BCUT2D eigenvalue weighted by atomic mass is 9.79. The maximum atomic E-state index is 8.60. The van der Waals surface area contributed by atoms with Crippen LogP contribution >= 0.6 is 0 Å². The van der Waals surface area contributed by atoms with E-state index in [1.165, 1.54) is 22.3 Å². The van der Waals surface area contributed by atoms with Crippen LogP contribution < -0.4 is 4.57 Å². The number of aryl methyl sites for hydroxylation is 3. The summed E-state index contributed by atoms with van der Waals surface area (Å²) >= 11 is 0. The Morgan fingerprint density at radius 3 is 2.05 bits per heavy atom. The van der Waals surface area contributed by atoms with Crippen LogP contribution in [-0.4, -0.2) is 0 Å². The molecule has 0 radical (unpaired) electrons. The maximum absolute atomic E-state index is 8.60. The second-order valence-electron chi connectivity index (χ2n) is 14.3. The lowest BCUT2D eigenvalue weighted by Crippen LogP contribution is -2.32.